The number of aromatic hydroxyl groups is 2. The Bertz CT molecular complexity index is 814. The van der Waals surface area contributed by atoms with Crippen molar-refractivity contribution in [1.82, 2.24) is 4.90 Å². The highest BCUT2D eigenvalue weighted by atomic mass is 32.2. The Kier molecular flexibility index (Phi) is 5.92. The Morgan fingerprint density at radius 1 is 1.11 bits per heavy atom. The van der Waals surface area contributed by atoms with Crippen LogP contribution in [0.4, 0.5) is 18.0 Å². The minimum absolute atomic E-state index is 0.00293. The minimum atomic E-state index is -4.87. The van der Waals surface area contributed by atoms with Crippen LogP contribution in [0.2, 0.25) is 0 Å². The summed E-state index contributed by atoms with van der Waals surface area (Å²) < 4.78 is 39.0. The van der Waals surface area contributed by atoms with E-state index in [-0.39, 0.29) is 16.4 Å². The number of hydrogen-bond acceptors (Lipinski definition) is 5. The molecule has 9 heteroatoms. The Labute approximate surface area is 164 Å². The van der Waals surface area contributed by atoms with Crippen LogP contribution < -0.4 is 0 Å². The van der Waals surface area contributed by atoms with Crippen molar-refractivity contribution in [2.24, 2.45) is 5.92 Å². The topological polar surface area (TPSA) is 77.8 Å². The quantitative estimate of drug-likeness (QED) is 0.407. The lowest BCUT2D eigenvalue weighted by Gasteiger charge is -2.20. The van der Waals surface area contributed by atoms with Gasteiger partial charge >= 0.3 is 6.18 Å². The number of carbonyl (C=O) groups excluding carboxylic acids is 2. The minimum Gasteiger partial charge on any atom is -0.504 e. The van der Waals surface area contributed by atoms with Crippen LogP contribution in [0, 0.1) is 5.92 Å². The average molecular weight is 415 g/mol. The summed E-state index contributed by atoms with van der Waals surface area (Å²) in [6.45, 7) is 0.316. The predicted molar refractivity (Wildman–Crippen MR) is 98.6 cm³/mol. The van der Waals surface area contributed by atoms with Crippen molar-refractivity contribution in [3.05, 3.63) is 28.2 Å². The molecule has 152 valence electrons. The molecule has 0 aromatic heterocycles. The first kappa shape index (κ1) is 20.6. The number of thioether (sulfide) groups is 1. The number of rotatable bonds is 3. The molecule has 5 nitrogen and oxygen atoms in total. The van der Waals surface area contributed by atoms with Crippen LogP contribution in [0.5, 0.6) is 11.5 Å². The Hall–Kier alpha value is -2.16. The molecule has 0 bridgehead atoms. The molecule has 1 saturated heterocycles. The molecule has 1 aromatic rings. The number of alkyl halides is 3. The van der Waals surface area contributed by atoms with Gasteiger partial charge in [0, 0.05) is 6.54 Å². The zero-order chi connectivity index (χ0) is 20.5. The van der Waals surface area contributed by atoms with Crippen LogP contribution in [0.15, 0.2) is 17.0 Å². The molecule has 1 aromatic carbocycles. The number of hydrogen-bond donors (Lipinski definition) is 2. The molecular formula is C19H20F3NO4S. The molecule has 2 amide bonds. The highest BCUT2D eigenvalue weighted by molar-refractivity contribution is 8.18. The number of phenols is 2. The summed E-state index contributed by atoms with van der Waals surface area (Å²) in [5.41, 5.74) is -1.53. The first-order valence-corrected chi connectivity index (χ1v) is 9.87. The molecule has 2 fully saturated rings. The van der Waals surface area contributed by atoms with Gasteiger partial charge in [-0.25, -0.2) is 0 Å². The number of amides is 2. The van der Waals surface area contributed by atoms with Gasteiger partial charge in [-0.3, -0.25) is 14.5 Å². The van der Waals surface area contributed by atoms with Gasteiger partial charge in [0.2, 0.25) is 0 Å². The molecule has 0 radical (unpaired) electrons. The zero-order valence-corrected chi connectivity index (χ0v) is 15.8. The monoisotopic (exact) mass is 415 g/mol. The highest BCUT2D eigenvalue weighted by Gasteiger charge is 2.38. The average Bonchev–Trinajstić information content (AvgIpc) is 2.81. The van der Waals surface area contributed by atoms with E-state index in [9.17, 15) is 33.0 Å². The molecule has 28 heavy (non-hydrogen) atoms. The maximum absolute atomic E-state index is 13.0. The fraction of sp³-hybridized carbons (Fsp3) is 0.474. The molecule has 3 rings (SSSR count). The number of halogens is 3. The van der Waals surface area contributed by atoms with Crippen molar-refractivity contribution in [2.45, 2.75) is 44.7 Å². The summed E-state index contributed by atoms with van der Waals surface area (Å²) >= 11 is 0.667. The molecule has 1 aliphatic carbocycles. The van der Waals surface area contributed by atoms with Gasteiger partial charge in [0.25, 0.3) is 11.1 Å². The van der Waals surface area contributed by atoms with E-state index < -0.39 is 34.4 Å². The van der Waals surface area contributed by atoms with Gasteiger partial charge in [-0.15, -0.1) is 0 Å². The summed E-state index contributed by atoms with van der Waals surface area (Å²) in [5.74, 6) is -2.52. The van der Waals surface area contributed by atoms with Gasteiger partial charge in [-0.1, -0.05) is 25.7 Å². The van der Waals surface area contributed by atoms with E-state index in [4.69, 9.17) is 0 Å². The van der Waals surface area contributed by atoms with E-state index in [1.54, 1.807) is 0 Å². The molecule has 2 N–H and O–H groups in total. The molecule has 0 spiro atoms. The van der Waals surface area contributed by atoms with E-state index in [2.05, 4.69) is 0 Å². The first-order valence-electron chi connectivity index (χ1n) is 9.05. The first-order chi connectivity index (χ1) is 13.2. The second kappa shape index (κ2) is 8.06. The maximum Gasteiger partial charge on any atom is 0.420 e. The smallest absolute Gasteiger partial charge is 0.420 e. The van der Waals surface area contributed by atoms with Crippen molar-refractivity contribution >= 4 is 29.0 Å². The largest absolute Gasteiger partial charge is 0.504 e. The number of benzene rings is 1. The lowest BCUT2D eigenvalue weighted by Crippen LogP contribution is -2.33. The van der Waals surface area contributed by atoms with E-state index in [0.717, 1.165) is 55.6 Å². The second-order valence-corrected chi connectivity index (χ2v) is 8.08. The third-order valence-corrected chi connectivity index (χ3v) is 5.91. The van der Waals surface area contributed by atoms with Crippen LogP contribution in [0.1, 0.15) is 49.7 Å². The molecule has 2 aliphatic rings. The zero-order valence-electron chi connectivity index (χ0n) is 15.0. The normalized spacial score (nSPS) is 20.8. The number of phenolic OH excluding ortho intramolecular Hbond substituents is 2. The van der Waals surface area contributed by atoms with E-state index in [1.807, 2.05) is 0 Å². The third kappa shape index (κ3) is 4.45. The molecule has 0 atom stereocenters. The van der Waals surface area contributed by atoms with Crippen LogP contribution >= 0.6 is 11.8 Å². The van der Waals surface area contributed by atoms with E-state index in [1.165, 1.54) is 0 Å². The van der Waals surface area contributed by atoms with Crippen molar-refractivity contribution in [3.8, 4) is 11.5 Å². The van der Waals surface area contributed by atoms with Crippen LogP contribution in [0.25, 0.3) is 6.08 Å². The molecule has 1 heterocycles. The van der Waals surface area contributed by atoms with Crippen LogP contribution in [0.3, 0.4) is 0 Å². The predicted octanol–water partition coefficient (Wildman–Crippen LogP) is 5.12. The fourth-order valence-electron chi connectivity index (χ4n) is 3.55. The van der Waals surface area contributed by atoms with Gasteiger partial charge in [-0.2, -0.15) is 13.2 Å². The number of imide groups is 1. The van der Waals surface area contributed by atoms with E-state index >= 15 is 0 Å². The van der Waals surface area contributed by atoms with Crippen molar-refractivity contribution in [2.75, 3.05) is 6.54 Å². The fourth-order valence-corrected chi connectivity index (χ4v) is 4.40. The molecule has 1 saturated carbocycles. The van der Waals surface area contributed by atoms with Gasteiger partial charge in [0.1, 0.15) is 5.56 Å². The van der Waals surface area contributed by atoms with Crippen LogP contribution in [-0.4, -0.2) is 32.8 Å². The van der Waals surface area contributed by atoms with Gasteiger partial charge in [-0.05, 0) is 54.3 Å². The lowest BCUT2D eigenvalue weighted by molar-refractivity contribution is -0.139. The third-order valence-electron chi connectivity index (χ3n) is 5.00. The van der Waals surface area contributed by atoms with Crippen molar-refractivity contribution in [1.29, 1.82) is 0 Å². The standard InChI is InChI=1S/C19H20F3NO4S/c20-19(21,22)13-7-12(8-14(24)16(13)25)9-15-17(26)23(18(27)28-15)10-11-5-3-1-2-4-6-11/h7-9,11,24-25H,1-6,10H2/b15-9-. The summed E-state index contributed by atoms with van der Waals surface area (Å²) in [4.78, 5) is 26.0. The Morgan fingerprint density at radius 3 is 2.36 bits per heavy atom. The SMILES string of the molecule is O=C1S/C(=C\c2cc(O)c(O)c(C(F)(F)F)c2)C(=O)N1CC1CCCCCC1. The van der Waals surface area contributed by atoms with Crippen LogP contribution in [-0.2, 0) is 11.0 Å². The van der Waals surface area contributed by atoms with Crippen molar-refractivity contribution < 1.29 is 33.0 Å². The molecule has 1 aliphatic heterocycles. The van der Waals surface area contributed by atoms with E-state index in [0.29, 0.717) is 24.4 Å². The summed E-state index contributed by atoms with van der Waals surface area (Å²) in [5, 5.41) is 18.6. The van der Waals surface area contributed by atoms with Gasteiger partial charge in [0.05, 0.1) is 4.91 Å². The van der Waals surface area contributed by atoms with Gasteiger partial charge in [0.15, 0.2) is 11.5 Å². The number of carbonyl (C=O) groups is 2. The summed E-state index contributed by atoms with van der Waals surface area (Å²) in [6.07, 6.45) is 2.56. The molecule has 0 unspecified atom stereocenters. The second-order valence-electron chi connectivity index (χ2n) is 7.08. The van der Waals surface area contributed by atoms with Gasteiger partial charge < -0.3 is 10.2 Å². The maximum atomic E-state index is 13.0. The van der Waals surface area contributed by atoms with Crippen molar-refractivity contribution in [3.63, 3.8) is 0 Å². The summed E-state index contributed by atoms with van der Waals surface area (Å²) in [6, 6.07) is 1.55. The summed E-state index contributed by atoms with van der Waals surface area (Å²) in [7, 11) is 0. The Morgan fingerprint density at radius 2 is 1.75 bits per heavy atom. The Balaban J connectivity index is 1.82. The lowest BCUT2D eigenvalue weighted by atomic mass is 10.00. The number of nitrogens with zero attached hydrogens (tertiary/aromatic N) is 1. The molecular weight excluding hydrogens is 395 g/mol. The highest BCUT2D eigenvalue weighted by Crippen LogP contribution is 2.42.